The first kappa shape index (κ1) is 20.1. The molecule has 0 bridgehead atoms. The Morgan fingerprint density at radius 2 is 2.19 bits per heavy atom. The number of carbonyl (C=O) groups is 2. The van der Waals surface area contributed by atoms with E-state index in [1.165, 1.54) is 7.11 Å². The van der Waals surface area contributed by atoms with Gasteiger partial charge in [0, 0.05) is 31.3 Å². The normalized spacial score (nSPS) is 17.6. The molecule has 164 valence electrons. The van der Waals surface area contributed by atoms with E-state index in [1.54, 1.807) is 17.4 Å². The van der Waals surface area contributed by atoms with Crippen molar-refractivity contribution in [3.63, 3.8) is 0 Å². The molecule has 11 nitrogen and oxygen atoms in total. The number of piperazine rings is 1. The summed E-state index contributed by atoms with van der Waals surface area (Å²) in [6.07, 6.45) is 3.20. The Hall–Kier alpha value is -3.86. The van der Waals surface area contributed by atoms with Gasteiger partial charge in [-0.05, 0) is 18.6 Å². The summed E-state index contributed by atoms with van der Waals surface area (Å²) in [7, 11) is 1.48. The summed E-state index contributed by atoms with van der Waals surface area (Å²) in [6.45, 7) is 3.26. The second-order valence-corrected chi connectivity index (χ2v) is 7.77. The van der Waals surface area contributed by atoms with Gasteiger partial charge >= 0.3 is 0 Å². The van der Waals surface area contributed by atoms with E-state index in [0.717, 1.165) is 16.7 Å². The summed E-state index contributed by atoms with van der Waals surface area (Å²) in [5.74, 6) is 1.42. The van der Waals surface area contributed by atoms with E-state index < -0.39 is 6.04 Å². The second-order valence-electron chi connectivity index (χ2n) is 7.77. The zero-order chi connectivity index (χ0) is 22.2. The SMILES string of the molecule is COCC(=O)N1CCN2c3nc(-c4ccc(-c5nnc[nH]5)cc4C)cnc3NC(=O)C2C1. The monoisotopic (exact) mass is 434 g/mol. The van der Waals surface area contributed by atoms with Gasteiger partial charge in [0.1, 0.15) is 19.0 Å². The van der Waals surface area contributed by atoms with Gasteiger partial charge in [-0.25, -0.2) is 9.97 Å². The summed E-state index contributed by atoms with van der Waals surface area (Å²) in [5.41, 5.74) is 3.59. The molecule has 1 aromatic carbocycles. The van der Waals surface area contributed by atoms with E-state index in [0.29, 0.717) is 36.2 Å². The highest BCUT2D eigenvalue weighted by Crippen LogP contribution is 2.34. The third kappa shape index (κ3) is 3.46. The zero-order valence-electron chi connectivity index (χ0n) is 17.7. The molecule has 32 heavy (non-hydrogen) atoms. The predicted molar refractivity (Wildman–Crippen MR) is 116 cm³/mol. The van der Waals surface area contributed by atoms with Crippen LogP contribution in [0.4, 0.5) is 11.6 Å². The molecule has 4 heterocycles. The molecule has 11 heteroatoms. The number of fused-ring (bicyclic) bond motifs is 3. The number of aromatic amines is 1. The molecule has 2 aliphatic heterocycles. The van der Waals surface area contributed by atoms with Gasteiger partial charge in [-0.15, -0.1) is 10.2 Å². The highest BCUT2D eigenvalue weighted by Gasteiger charge is 2.40. The van der Waals surface area contributed by atoms with Crippen LogP contribution in [0.25, 0.3) is 22.6 Å². The van der Waals surface area contributed by atoms with Crippen LogP contribution in [-0.2, 0) is 14.3 Å². The highest BCUT2D eigenvalue weighted by molar-refractivity contribution is 6.02. The quantitative estimate of drug-likeness (QED) is 0.618. The van der Waals surface area contributed by atoms with Gasteiger partial charge in [0.05, 0.1) is 18.4 Å². The Morgan fingerprint density at radius 3 is 2.94 bits per heavy atom. The molecule has 2 N–H and O–H groups in total. The molecule has 0 saturated carbocycles. The molecule has 2 aromatic heterocycles. The molecule has 0 aliphatic carbocycles. The molecule has 1 unspecified atom stereocenters. The van der Waals surface area contributed by atoms with E-state index in [9.17, 15) is 9.59 Å². The first-order chi connectivity index (χ1) is 15.5. The van der Waals surface area contributed by atoms with Crippen molar-refractivity contribution in [1.29, 1.82) is 0 Å². The Kier molecular flexibility index (Phi) is 5.02. The van der Waals surface area contributed by atoms with Gasteiger partial charge in [-0.1, -0.05) is 12.1 Å². The van der Waals surface area contributed by atoms with Crippen molar-refractivity contribution < 1.29 is 14.3 Å². The van der Waals surface area contributed by atoms with E-state index in [2.05, 4.69) is 25.5 Å². The average molecular weight is 434 g/mol. The fourth-order valence-electron chi connectivity index (χ4n) is 4.14. The van der Waals surface area contributed by atoms with E-state index in [4.69, 9.17) is 9.72 Å². The number of nitrogens with one attached hydrogen (secondary N) is 2. The Morgan fingerprint density at radius 1 is 1.31 bits per heavy atom. The summed E-state index contributed by atoms with van der Waals surface area (Å²) >= 11 is 0. The van der Waals surface area contributed by atoms with Gasteiger partial charge in [0.25, 0.3) is 0 Å². The van der Waals surface area contributed by atoms with Crippen molar-refractivity contribution in [2.24, 2.45) is 0 Å². The van der Waals surface area contributed by atoms with Crippen molar-refractivity contribution >= 4 is 23.5 Å². The molecular weight excluding hydrogens is 412 g/mol. The van der Waals surface area contributed by atoms with Gasteiger partial charge in [-0.2, -0.15) is 0 Å². The average Bonchev–Trinajstić information content (AvgIpc) is 3.34. The largest absolute Gasteiger partial charge is 0.375 e. The third-order valence-electron chi connectivity index (χ3n) is 5.76. The number of methoxy groups -OCH3 is 1. The number of benzene rings is 1. The number of carbonyl (C=O) groups excluding carboxylic acids is 2. The highest BCUT2D eigenvalue weighted by atomic mass is 16.5. The van der Waals surface area contributed by atoms with Crippen molar-refractivity contribution in [2.75, 3.05) is 43.6 Å². The smallest absolute Gasteiger partial charge is 0.250 e. The maximum absolute atomic E-state index is 12.7. The topological polar surface area (TPSA) is 129 Å². The Bertz CT molecular complexity index is 1180. The molecule has 1 fully saturated rings. The number of hydrogen-bond donors (Lipinski definition) is 2. The molecule has 1 atom stereocenters. The van der Waals surface area contributed by atoms with Crippen molar-refractivity contribution in [3.05, 3.63) is 36.3 Å². The van der Waals surface area contributed by atoms with Crippen molar-refractivity contribution in [2.45, 2.75) is 13.0 Å². The zero-order valence-corrected chi connectivity index (χ0v) is 17.7. The fraction of sp³-hybridized carbons (Fsp3) is 0.333. The number of nitrogens with zero attached hydrogens (tertiary/aromatic N) is 6. The van der Waals surface area contributed by atoms with Crippen LogP contribution in [0.2, 0.25) is 0 Å². The van der Waals surface area contributed by atoms with Crippen LogP contribution in [0.5, 0.6) is 0 Å². The van der Waals surface area contributed by atoms with Gasteiger partial charge in [-0.3, -0.25) is 9.59 Å². The van der Waals surface area contributed by atoms with Crippen LogP contribution in [0.15, 0.2) is 30.7 Å². The summed E-state index contributed by atoms with van der Waals surface area (Å²) in [5, 5.41) is 10.7. The number of amides is 2. The molecule has 1 saturated heterocycles. The maximum atomic E-state index is 12.7. The van der Waals surface area contributed by atoms with E-state index in [1.807, 2.05) is 30.0 Å². The van der Waals surface area contributed by atoms with Crippen LogP contribution < -0.4 is 10.2 Å². The Balaban J connectivity index is 1.45. The minimum absolute atomic E-state index is 0.00177. The Labute approximate surface area is 183 Å². The lowest BCUT2D eigenvalue weighted by Gasteiger charge is -2.43. The van der Waals surface area contributed by atoms with Crippen LogP contribution in [0.3, 0.4) is 0 Å². The molecule has 2 amide bonds. The summed E-state index contributed by atoms with van der Waals surface area (Å²) < 4.78 is 4.95. The molecule has 0 spiro atoms. The van der Waals surface area contributed by atoms with Gasteiger partial charge < -0.3 is 24.8 Å². The molecule has 0 radical (unpaired) electrons. The molecule has 5 rings (SSSR count). The lowest BCUT2D eigenvalue weighted by atomic mass is 10.0. The number of H-pyrrole nitrogens is 1. The number of aryl methyl sites for hydroxylation is 1. The van der Waals surface area contributed by atoms with E-state index in [-0.39, 0.29) is 25.0 Å². The third-order valence-corrected chi connectivity index (χ3v) is 5.76. The minimum atomic E-state index is -0.517. The lowest BCUT2D eigenvalue weighted by molar-refractivity contribution is -0.136. The van der Waals surface area contributed by atoms with Crippen molar-refractivity contribution in [1.82, 2.24) is 30.0 Å². The van der Waals surface area contributed by atoms with Crippen LogP contribution >= 0.6 is 0 Å². The van der Waals surface area contributed by atoms with Gasteiger partial charge in [0.2, 0.25) is 11.8 Å². The number of hydrogen-bond acceptors (Lipinski definition) is 8. The predicted octanol–water partition coefficient (Wildman–Crippen LogP) is 0.853. The van der Waals surface area contributed by atoms with Crippen molar-refractivity contribution in [3.8, 4) is 22.6 Å². The number of anilines is 2. The first-order valence-corrected chi connectivity index (χ1v) is 10.2. The first-order valence-electron chi connectivity index (χ1n) is 10.2. The molecular formula is C21H22N8O3. The lowest BCUT2D eigenvalue weighted by Crippen LogP contribution is -2.61. The minimum Gasteiger partial charge on any atom is -0.375 e. The fourth-order valence-corrected chi connectivity index (χ4v) is 4.14. The molecule has 2 aliphatic rings. The standard InChI is InChI=1S/C21H22N8O3/c1-12-7-13(18-23-11-24-27-18)3-4-14(12)15-8-22-19-20(25-15)29-6-5-28(17(30)10-32-2)9-16(29)21(31)26-19/h3-4,7-8,11,16H,5-6,9-10H2,1-2H3,(H,22,26,31)(H,23,24,27). The second kappa shape index (κ2) is 8.00. The maximum Gasteiger partial charge on any atom is 0.250 e. The number of rotatable bonds is 4. The van der Waals surface area contributed by atoms with Gasteiger partial charge in [0.15, 0.2) is 17.5 Å². The van der Waals surface area contributed by atoms with E-state index >= 15 is 0 Å². The van der Waals surface area contributed by atoms with Crippen LogP contribution in [0, 0.1) is 6.92 Å². The summed E-state index contributed by atoms with van der Waals surface area (Å²) in [6, 6.07) is 5.43. The number of aromatic nitrogens is 5. The van der Waals surface area contributed by atoms with Crippen LogP contribution in [-0.4, -0.2) is 81.3 Å². The van der Waals surface area contributed by atoms with Crippen LogP contribution in [0.1, 0.15) is 5.56 Å². The number of ether oxygens (including phenoxy) is 1. The summed E-state index contributed by atoms with van der Waals surface area (Å²) in [4.78, 5) is 40.8. The molecule has 3 aromatic rings.